The minimum atomic E-state index is -5.17. The molecule has 0 saturated carbocycles. The summed E-state index contributed by atoms with van der Waals surface area (Å²) in [5.41, 5.74) is -13.9. The van der Waals surface area contributed by atoms with E-state index in [0.29, 0.717) is 22.3 Å². The first-order chi connectivity index (χ1) is 27.2. The zero-order valence-corrected chi connectivity index (χ0v) is 39.7. The fourth-order valence-electron chi connectivity index (χ4n) is 6.63. The van der Waals surface area contributed by atoms with E-state index in [1.54, 1.807) is 60.7 Å². The van der Waals surface area contributed by atoms with Gasteiger partial charge in [-0.3, -0.25) is 32.0 Å². The van der Waals surface area contributed by atoms with Gasteiger partial charge in [-0.25, -0.2) is 0 Å². The first kappa shape index (κ1) is 49.7. The van der Waals surface area contributed by atoms with Crippen LogP contribution in [0.3, 0.4) is 0 Å². The van der Waals surface area contributed by atoms with Crippen molar-refractivity contribution in [2.75, 3.05) is 0 Å². The van der Waals surface area contributed by atoms with Crippen LogP contribution in [-0.2, 0) is 56.8 Å². The molecule has 0 saturated heterocycles. The number of hydrogen-bond donors (Lipinski definition) is 0. The molecule has 0 aromatic heterocycles. The minimum Gasteiger partial charge on any atom is -0.298 e. The van der Waals surface area contributed by atoms with Gasteiger partial charge in [-0.05, 0) is 119 Å². The van der Waals surface area contributed by atoms with Crippen molar-refractivity contribution in [2.24, 2.45) is 0 Å². The molecule has 0 aliphatic carbocycles. The van der Waals surface area contributed by atoms with Gasteiger partial charge < -0.3 is 0 Å². The van der Waals surface area contributed by atoms with Gasteiger partial charge in [0.1, 0.15) is 0 Å². The summed E-state index contributed by atoms with van der Waals surface area (Å²) >= 11 is 3.31. The summed E-state index contributed by atoms with van der Waals surface area (Å²) in [6.45, 7) is 18.1. The lowest BCUT2D eigenvalue weighted by atomic mass is 9.67. The van der Waals surface area contributed by atoms with Crippen molar-refractivity contribution in [3.05, 3.63) is 141 Å². The van der Waals surface area contributed by atoms with Crippen LogP contribution in [0, 0.1) is 0 Å². The largest absolute Gasteiger partial charge is 0.405 e. The summed E-state index contributed by atoms with van der Waals surface area (Å²) in [5.74, 6) is -0.308. The smallest absolute Gasteiger partial charge is 0.298 e. The predicted molar refractivity (Wildman–Crippen MR) is 233 cm³/mol. The molecule has 0 N–H and O–H groups in total. The molecule has 4 rings (SSSR count). The first-order valence-electron chi connectivity index (χ1n) is 19.6. The molecule has 1 unspecified atom stereocenters. The van der Waals surface area contributed by atoms with Gasteiger partial charge in [0.15, 0.2) is 5.78 Å². The van der Waals surface area contributed by atoms with E-state index in [1.807, 2.05) is 0 Å². The Kier molecular flexibility index (Phi) is 14.6. The van der Waals surface area contributed by atoms with Crippen molar-refractivity contribution in [3.63, 3.8) is 0 Å². The number of carbonyl (C=O) groups is 1. The molecule has 0 amide bonds. The number of rotatable bonds is 15. The molecule has 1 atom stereocenters. The van der Waals surface area contributed by atoms with E-state index < -0.39 is 65.5 Å². The van der Waals surface area contributed by atoms with Gasteiger partial charge in [0, 0.05) is 21.2 Å². The van der Waals surface area contributed by atoms with Crippen LogP contribution in [0.15, 0.2) is 108 Å². The summed E-state index contributed by atoms with van der Waals surface area (Å²) in [6.07, 6.45) is -0.0510. The maximum absolute atomic E-state index is 16.6. The van der Waals surface area contributed by atoms with Crippen molar-refractivity contribution in [3.8, 4) is 0 Å². The van der Waals surface area contributed by atoms with Crippen molar-refractivity contribution in [1.29, 1.82) is 0 Å². The van der Waals surface area contributed by atoms with Crippen LogP contribution < -0.4 is 0 Å². The van der Waals surface area contributed by atoms with Crippen molar-refractivity contribution in [2.45, 2.75) is 135 Å². The predicted octanol–water partition coefficient (Wildman–Crippen LogP) is 14.8. The maximum Gasteiger partial charge on any atom is 0.405 e. The summed E-state index contributed by atoms with van der Waals surface area (Å²) < 4.78 is 116. The molecular formula is C46H57BrF4O7P2. The average molecular weight is 940 g/mol. The molecule has 0 heterocycles. The Morgan fingerprint density at radius 3 is 1.32 bits per heavy atom. The summed E-state index contributed by atoms with van der Waals surface area (Å²) in [5, 5.41) is 0. The third-order valence-corrected chi connectivity index (χ3v) is 14.4. The summed E-state index contributed by atoms with van der Waals surface area (Å²) in [6, 6.07) is 26.7. The lowest BCUT2D eigenvalue weighted by Gasteiger charge is -2.36. The maximum atomic E-state index is 16.6. The Hall–Kier alpha value is -2.95. The van der Waals surface area contributed by atoms with Crippen LogP contribution >= 0.6 is 31.1 Å². The van der Waals surface area contributed by atoms with E-state index in [2.05, 4.69) is 15.9 Å². The number of halogens is 5. The second kappa shape index (κ2) is 17.7. The lowest BCUT2D eigenvalue weighted by Crippen LogP contribution is -2.41. The van der Waals surface area contributed by atoms with E-state index in [1.165, 1.54) is 107 Å². The zero-order chi connectivity index (χ0) is 45.4. The Labute approximate surface area is 361 Å². The average Bonchev–Trinajstić information content (AvgIpc) is 3.08. The van der Waals surface area contributed by atoms with Crippen molar-refractivity contribution < 1.29 is 49.6 Å². The van der Waals surface area contributed by atoms with Crippen LogP contribution in [0.1, 0.15) is 121 Å². The van der Waals surface area contributed by atoms with Gasteiger partial charge in [-0.15, -0.1) is 0 Å². The summed E-state index contributed by atoms with van der Waals surface area (Å²) in [7, 11) is -10.3. The van der Waals surface area contributed by atoms with Crippen LogP contribution in [0.5, 0.6) is 0 Å². The molecule has 4 aromatic rings. The molecule has 0 aliphatic heterocycles. The van der Waals surface area contributed by atoms with Crippen LogP contribution in [0.2, 0.25) is 0 Å². The Bertz CT molecular complexity index is 2170. The molecule has 60 heavy (non-hydrogen) atoms. The van der Waals surface area contributed by atoms with E-state index in [0.717, 1.165) is 18.2 Å². The number of carbonyl (C=O) groups excluding carboxylic acids is 1. The van der Waals surface area contributed by atoms with Crippen LogP contribution in [0.4, 0.5) is 17.6 Å². The molecule has 0 aliphatic rings. The van der Waals surface area contributed by atoms with Crippen molar-refractivity contribution in [1.82, 2.24) is 0 Å². The second-order valence-electron chi connectivity index (χ2n) is 18.9. The van der Waals surface area contributed by atoms with Gasteiger partial charge >= 0.3 is 26.5 Å². The van der Waals surface area contributed by atoms with Gasteiger partial charge in [0.05, 0.1) is 27.8 Å². The molecule has 0 fully saturated rings. The Morgan fingerprint density at radius 2 is 0.900 bits per heavy atom. The highest BCUT2D eigenvalue weighted by atomic mass is 79.9. The fourth-order valence-corrected chi connectivity index (χ4v) is 11.8. The van der Waals surface area contributed by atoms with Gasteiger partial charge in [0.2, 0.25) is 0 Å². The van der Waals surface area contributed by atoms with E-state index in [9.17, 15) is 9.13 Å². The third kappa shape index (κ3) is 11.9. The number of hydrogen-bond acceptors (Lipinski definition) is 7. The second-order valence-corrected chi connectivity index (χ2v) is 23.6. The molecule has 0 bridgehead atoms. The van der Waals surface area contributed by atoms with E-state index in [-0.39, 0.29) is 23.1 Å². The van der Waals surface area contributed by atoms with Gasteiger partial charge in [-0.1, -0.05) is 113 Å². The molecular weight excluding hydrogens is 882 g/mol. The monoisotopic (exact) mass is 938 g/mol. The molecule has 328 valence electrons. The summed E-state index contributed by atoms with van der Waals surface area (Å²) in [4.78, 5) is 15.0. The highest BCUT2D eigenvalue weighted by Gasteiger charge is 2.60. The molecule has 14 heteroatoms. The van der Waals surface area contributed by atoms with E-state index in [4.69, 9.17) is 18.1 Å². The highest BCUT2D eigenvalue weighted by Crippen LogP contribution is 2.71. The zero-order valence-electron chi connectivity index (χ0n) is 36.4. The topological polar surface area (TPSA) is 88.1 Å². The SMILES string of the molecule is CC(C)(C)OP(=O)(OC(C)(C)C)C(F)(F)c1ccc(CC(Cc2ccc(C(F)(F)P(=O)(OC(C)(C)C)OC(C)(C)C)c(Br)c2)(C(=O)c2ccccc2)c2ccccc2)cc1. The third-order valence-electron chi connectivity index (χ3n) is 8.73. The lowest BCUT2D eigenvalue weighted by molar-refractivity contribution is -0.0218. The van der Waals surface area contributed by atoms with E-state index >= 15 is 22.4 Å². The molecule has 0 spiro atoms. The van der Waals surface area contributed by atoms with Crippen LogP contribution in [0.25, 0.3) is 0 Å². The number of ketones is 1. The standard InChI is InChI=1S/C46H57BrF4O7P2/c1-40(2,3)55-59(53,56-41(4,5)6)45(48,49)36-26-23-32(24-27-36)30-44(35-21-17-14-18-22-35,39(52)34-19-15-13-16-20-34)31-33-25-28-37(38(47)29-33)46(50,51)60(54,57-42(7,8)9)58-43(10,11)12/h13-29H,30-31H2,1-12H3. The quantitative estimate of drug-likeness (QED) is 0.0666. The Balaban J connectivity index is 1.88. The number of Topliss-reactive ketones (excluding diaryl/α,β-unsaturated/α-hetero) is 1. The Morgan fingerprint density at radius 1 is 0.517 bits per heavy atom. The molecule has 0 radical (unpaired) electrons. The fraction of sp³-hybridized carbons (Fsp3) is 0.457. The number of alkyl halides is 4. The van der Waals surface area contributed by atoms with Gasteiger partial charge in [-0.2, -0.15) is 17.6 Å². The normalized spacial score (nSPS) is 14.8. The molecule has 7 nitrogen and oxygen atoms in total. The van der Waals surface area contributed by atoms with Crippen LogP contribution in [-0.4, -0.2) is 28.2 Å². The minimum absolute atomic E-state index is 0.0190. The first-order valence-corrected chi connectivity index (χ1v) is 23.4. The van der Waals surface area contributed by atoms with Crippen molar-refractivity contribution >= 4 is 36.9 Å². The van der Waals surface area contributed by atoms with Gasteiger partial charge in [0.25, 0.3) is 0 Å². The highest BCUT2D eigenvalue weighted by molar-refractivity contribution is 9.10. The number of benzene rings is 4. The molecule has 4 aromatic carbocycles.